The quantitative estimate of drug-likeness (QED) is 0.0929. The first kappa shape index (κ1) is 38.4. The fraction of sp³-hybridized carbons (Fsp3) is 0. The van der Waals surface area contributed by atoms with E-state index in [1.807, 2.05) is 0 Å². The van der Waals surface area contributed by atoms with Crippen LogP contribution in [-0.4, -0.2) is 8.07 Å². The van der Waals surface area contributed by atoms with Crippen molar-refractivity contribution in [1.29, 1.82) is 0 Å². The van der Waals surface area contributed by atoms with Gasteiger partial charge >= 0.3 is 0 Å². The second kappa shape index (κ2) is 17.4. The van der Waals surface area contributed by atoms with Crippen molar-refractivity contribution >= 4 is 45.9 Å². The Morgan fingerprint density at radius 3 is 1.02 bits per heavy atom. The van der Waals surface area contributed by atoms with Gasteiger partial charge in [-0.05, 0) is 90.0 Å². The molecule has 1 nitrogen and oxygen atoms in total. The van der Waals surface area contributed by atoms with E-state index < -0.39 is 8.07 Å². The van der Waals surface area contributed by atoms with Crippen molar-refractivity contribution in [2.24, 2.45) is 0 Å². The normalized spacial score (nSPS) is 11.2. The van der Waals surface area contributed by atoms with Crippen LogP contribution in [0.1, 0.15) is 0 Å². The molecule has 0 atom stereocenters. The van der Waals surface area contributed by atoms with Crippen molar-refractivity contribution in [2.45, 2.75) is 0 Å². The van der Waals surface area contributed by atoms with E-state index in [2.05, 4.69) is 278 Å². The molecule has 0 bridgehead atoms. The lowest BCUT2D eigenvalue weighted by atomic mass is 9.96. The molecule has 0 N–H and O–H groups in total. The molecule has 0 aromatic heterocycles. The summed E-state index contributed by atoms with van der Waals surface area (Å²) in [6.07, 6.45) is 0. The molecule has 0 aliphatic carbocycles. The van der Waals surface area contributed by atoms with E-state index in [4.69, 9.17) is 0 Å². The summed E-state index contributed by atoms with van der Waals surface area (Å²) in [5, 5.41) is 5.45. The largest absolute Gasteiger partial charge is 0.310 e. The first-order valence-electron chi connectivity index (χ1n) is 21.3. The van der Waals surface area contributed by atoms with Crippen molar-refractivity contribution in [2.75, 3.05) is 4.90 Å². The first-order valence-corrected chi connectivity index (χ1v) is 23.3. The lowest BCUT2D eigenvalue weighted by Gasteiger charge is -2.34. The minimum absolute atomic E-state index is 1.08. The van der Waals surface area contributed by atoms with Crippen LogP contribution in [0.2, 0.25) is 0 Å². The van der Waals surface area contributed by atoms with E-state index >= 15 is 0 Å². The highest BCUT2D eigenvalue weighted by Crippen LogP contribution is 2.43. The summed E-state index contributed by atoms with van der Waals surface area (Å²) in [7, 11) is -2.69. The fourth-order valence-corrected chi connectivity index (χ4v) is 13.8. The van der Waals surface area contributed by atoms with Gasteiger partial charge in [-0.3, -0.25) is 0 Å². The maximum Gasteiger partial charge on any atom is 0.179 e. The van der Waals surface area contributed by atoms with Gasteiger partial charge in [0.05, 0.1) is 5.69 Å². The number of anilines is 3. The van der Waals surface area contributed by atoms with Gasteiger partial charge in [-0.2, -0.15) is 0 Å². The molecule has 0 spiro atoms. The predicted molar refractivity (Wildman–Crippen MR) is 266 cm³/mol. The van der Waals surface area contributed by atoms with E-state index in [1.54, 1.807) is 0 Å². The third-order valence-electron chi connectivity index (χ3n) is 12.0. The molecule has 10 rings (SSSR count). The van der Waals surface area contributed by atoms with E-state index in [-0.39, 0.29) is 0 Å². The van der Waals surface area contributed by atoms with Crippen molar-refractivity contribution in [3.63, 3.8) is 0 Å². The molecule has 10 aromatic rings. The highest BCUT2D eigenvalue weighted by molar-refractivity contribution is 7.19. The number of hydrogen-bond acceptors (Lipinski definition) is 1. The smallest absolute Gasteiger partial charge is 0.179 e. The van der Waals surface area contributed by atoms with Crippen LogP contribution in [0.5, 0.6) is 0 Å². The Kier molecular flexibility index (Phi) is 10.8. The molecule has 0 aliphatic rings. The third kappa shape index (κ3) is 7.49. The molecule has 294 valence electrons. The van der Waals surface area contributed by atoms with Gasteiger partial charge < -0.3 is 4.90 Å². The van der Waals surface area contributed by atoms with Gasteiger partial charge in [0, 0.05) is 16.9 Å². The Morgan fingerprint density at radius 1 is 0.226 bits per heavy atom. The molecule has 10 aromatic carbocycles. The molecule has 0 saturated heterocycles. The van der Waals surface area contributed by atoms with Gasteiger partial charge in [0.1, 0.15) is 0 Å². The number of hydrogen-bond donors (Lipinski definition) is 0. The lowest BCUT2D eigenvalue weighted by molar-refractivity contribution is 1.28. The van der Waals surface area contributed by atoms with Crippen LogP contribution in [0.15, 0.2) is 273 Å². The van der Waals surface area contributed by atoms with Crippen LogP contribution in [0.3, 0.4) is 0 Å². The summed E-state index contributed by atoms with van der Waals surface area (Å²) in [4.78, 5) is 2.42. The Bertz CT molecular complexity index is 2910. The summed E-state index contributed by atoms with van der Waals surface area (Å²) in [6.45, 7) is 0. The molecule has 62 heavy (non-hydrogen) atoms. The molecule has 0 radical (unpaired) electrons. The summed E-state index contributed by atoms with van der Waals surface area (Å²) in [6, 6.07) is 99.8. The second-order valence-corrected chi connectivity index (χ2v) is 19.5. The first-order chi connectivity index (χ1) is 30.8. The molecule has 0 fully saturated rings. The number of benzene rings is 10. The Balaban J connectivity index is 1.12. The summed E-state index contributed by atoms with van der Waals surface area (Å²) in [5.41, 5.74) is 12.7. The highest BCUT2D eigenvalue weighted by Gasteiger charge is 2.41. The van der Waals surface area contributed by atoms with Crippen molar-refractivity contribution in [1.82, 2.24) is 0 Å². The van der Waals surface area contributed by atoms with Gasteiger partial charge in [0.15, 0.2) is 8.07 Å². The van der Waals surface area contributed by atoms with Gasteiger partial charge in [0.25, 0.3) is 0 Å². The molecule has 0 unspecified atom stereocenters. The summed E-state index contributed by atoms with van der Waals surface area (Å²) >= 11 is 0. The van der Waals surface area contributed by atoms with Crippen LogP contribution < -0.4 is 25.6 Å². The minimum atomic E-state index is -2.69. The third-order valence-corrected chi connectivity index (χ3v) is 16.8. The maximum absolute atomic E-state index is 2.69. The highest BCUT2D eigenvalue weighted by atomic mass is 28.3. The van der Waals surface area contributed by atoms with Crippen LogP contribution >= 0.6 is 0 Å². The molecule has 0 saturated carbocycles. The van der Waals surface area contributed by atoms with Gasteiger partial charge in [-0.25, -0.2) is 0 Å². The van der Waals surface area contributed by atoms with Gasteiger partial charge in [-0.15, -0.1) is 0 Å². The van der Waals surface area contributed by atoms with Gasteiger partial charge in [0.2, 0.25) is 0 Å². The molecule has 2 heteroatoms. The molecular formula is C60H45NSi. The van der Waals surface area contributed by atoms with Crippen molar-refractivity contribution < 1.29 is 0 Å². The average Bonchev–Trinajstić information content (AvgIpc) is 3.37. The second-order valence-electron chi connectivity index (χ2n) is 15.7. The summed E-state index contributed by atoms with van der Waals surface area (Å²) in [5.74, 6) is 0. The van der Waals surface area contributed by atoms with Crippen LogP contribution in [-0.2, 0) is 0 Å². The number of rotatable bonds is 11. The Labute approximate surface area is 366 Å². The minimum Gasteiger partial charge on any atom is -0.310 e. The SMILES string of the molecule is c1ccc(-c2ccc(N(c3ccc(-c4cccc([Si](c5ccccc5)(c5ccccc5)c5ccccc5)c4)cc3)c3cc(-c4ccccc4)ccc3-c3ccccc3)cc2)cc1. The average molecular weight is 808 g/mol. The van der Waals surface area contributed by atoms with Crippen LogP contribution in [0.25, 0.3) is 44.5 Å². The number of nitrogens with zero attached hydrogens (tertiary/aromatic N) is 1. The van der Waals surface area contributed by atoms with E-state index in [0.29, 0.717) is 0 Å². The van der Waals surface area contributed by atoms with E-state index in [1.165, 1.54) is 65.3 Å². The van der Waals surface area contributed by atoms with Crippen molar-refractivity contribution in [3.05, 3.63) is 273 Å². The topological polar surface area (TPSA) is 3.24 Å². The standard InChI is InChI=1S/C60H45NSi/c1-7-20-46(21-8-1)48-34-39-53(40-35-48)61(60-45-52(47-22-9-2-10-23-47)38-43-59(60)50-24-11-3-12-25-50)54-41-36-49(37-42-54)51-26-19-33-58(44-51)62(55-27-13-4-14-28-55,56-29-15-5-16-30-56)57-31-17-6-18-32-57/h1-45H. The lowest BCUT2D eigenvalue weighted by Crippen LogP contribution is -2.74. The van der Waals surface area contributed by atoms with Crippen LogP contribution in [0.4, 0.5) is 17.1 Å². The zero-order valence-corrected chi connectivity index (χ0v) is 35.4. The van der Waals surface area contributed by atoms with E-state index in [9.17, 15) is 0 Å². The van der Waals surface area contributed by atoms with Crippen LogP contribution in [0, 0.1) is 0 Å². The molecular weight excluding hydrogens is 763 g/mol. The molecule has 0 heterocycles. The monoisotopic (exact) mass is 807 g/mol. The van der Waals surface area contributed by atoms with Crippen molar-refractivity contribution in [3.8, 4) is 44.5 Å². The maximum atomic E-state index is 2.45. The molecule has 0 amide bonds. The summed E-state index contributed by atoms with van der Waals surface area (Å²) < 4.78 is 0. The fourth-order valence-electron chi connectivity index (χ4n) is 9.05. The Morgan fingerprint density at radius 2 is 0.548 bits per heavy atom. The van der Waals surface area contributed by atoms with Gasteiger partial charge in [-0.1, -0.05) is 243 Å². The zero-order chi connectivity index (χ0) is 41.6. The Hall–Kier alpha value is -7.78. The van der Waals surface area contributed by atoms with E-state index in [0.717, 1.165) is 17.1 Å². The molecule has 0 aliphatic heterocycles. The predicted octanol–water partition coefficient (Wildman–Crippen LogP) is 13.2. The zero-order valence-electron chi connectivity index (χ0n) is 34.4.